The highest BCUT2D eigenvalue weighted by atomic mass is 35.5. The number of benzene rings is 1. The number of hydrogen-bond donors (Lipinski definition) is 1. The Bertz CT molecular complexity index is 663. The van der Waals surface area contributed by atoms with E-state index in [0.717, 1.165) is 23.1 Å². The first-order valence-electron chi connectivity index (χ1n) is 6.75. The number of nitrogens with zero attached hydrogens (tertiary/aromatic N) is 1. The standard InChI is InChI=1S/C15H15ClN2OS3/c1-19-12-5-4-10(9-11(12)16)17-15(20)18-6-8-22-14(18)13-3-2-7-21-13/h2-5,7,9,14H,6,8H2,1H3,(H,17,20)/t14-/m0/s1. The van der Waals surface area contributed by atoms with E-state index in [4.69, 9.17) is 28.6 Å². The van der Waals surface area contributed by atoms with Crippen LogP contribution in [0.1, 0.15) is 10.3 Å². The molecular formula is C15H15ClN2OS3. The molecule has 0 radical (unpaired) electrons. The molecule has 22 heavy (non-hydrogen) atoms. The molecule has 1 saturated heterocycles. The fourth-order valence-electron chi connectivity index (χ4n) is 2.28. The maximum Gasteiger partial charge on any atom is 0.174 e. The summed E-state index contributed by atoms with van der Waals surface area (Å²) in [7, 11) is 1.60. The molecule has 0 spiro atoms. The van der Waals surface area contributed by atoms with Crippen LogP contribution in [0.2, 0.25) is 5.02 Å². The molecule has 0 unspecified atom stereocenters. The molecule has 1 aromatic heterocycles. The van der Waals surface area contributed by atoms with Gasteiger partial charge in [0, 0.05) is 22.9 Å². The molecular weight excluding hydrogens is 356 g/mol. The van der Waals surface area contributed by atoms with E-state index in [9.17, 15) is 0 Å². The van der Waals surface area contributed by atoms with Crippen LogP contribution >= 0.6 is 46.9 Å². The molecule has 1 aliphatic heterocycles. The van der Waals surface area contributed by atoms with E-state index in [1.807, 2.05) is 30.0 Å². The van der Waals surface area contributed by atoms with Gasteiger partial charge in [-0.1, -0.05) is 17.7 Å². The van der Waals surface area contributed by atoms with Crippen LogP contribution in [0.5, 0.6) is 5.75 Å². The van der Waals surface area contributed by atoms with Gasteiger partial charge in [0.1, 0.15) is 11.1 Å². The van der Waals surface area contributed by atoms with Gasteiger partial charge in [0.2, 0.25) is 0 Å². The lowest BCUT2D eigenvalue weighted by Crippen LogP contribution is -2.33. The van der Waals surface area contributed by atoms with Crippen LogP contribution in [0.25, 0.3) is 0 Å². The summed E-state index contributed by atoms with van der Waals surface area (Å²) in [4.78, 5) is 3.56. The van der Waals surface area contributed by atoms with Crippen molar-refractivity contribution in [3.05, 3.63) is 45.6 Å². The van der Waals surface area contributed by atoms with E-state index in [0.29, 0.717) is 16.1 Å². The fourth-order valence-corrected chi connectivity index (χ4v) is 5.17. The lowest BCUT2D eigenvalue weighted by molar-refractivity contribution is 0.415. The minimum atomic E-state index is 0.300. The lowest BCUT2D eigenvalue weighted by Gasteiger charge is -2.26. The Balaban J connectivity index is 1.72. The highest BCUT2D eigenvalue weighted by Crippen LogP contribution is 2.40. The molecule has 0 aliphatic carbocycles. The Labute approximate surface area is 148 Å². The molecule has 0 bridgehead atoms. The van der Waals surface area contributed by atoms with Crippen molar-refractivity contribution in [2.45, 2.75) is 5.37 Å². The summed E-state index contributed by atoms with van der Waals surface area (Å²) < 4.78 is 5.17. The van der Waals surface area contributed by atoms with Gasteiger partial charge in [-0.3, -0.25) is 0 Å². The van der Waals surface area contributed by atoms with Crippen LogP contribution in [-0.2, 0) is 0 Å². The maximum atomic E-state index is 6.16. The quantitative estimate of drug-likeness (QED) is 0.778. The zero-order valence-corrected chi connectivity index (χ0v) is 15.1. The van der Waals surface area contributed by atoms with Crippen LogP contribution in [-0.4, -0.2) is 29.4 Å². The lowest BCUT2D eigenvalue weighted by atomic mass is 10.3. The number of thioether (sulfide) groups is 1. The topological polar surface area (TPSA) is 24.5 Å². The summed E-state index contributed by atoms with van der Waals surface area (Å²) in [5.41, 5.74) is 0.873. The van der Waals surface area contributed by atoms with Gasteiger partial charge in [0.25, 0.3) is 0 Å². The van der Waals surface area contributed by atoms with Crippen molar-refractivity contribution in [1.82, 2.24) is 4.90 Å². The van der Waals surface area contributed by atoms with Crippen molar-refractivity contribution in [1.29, 1.82) is 0 Å². The van der Waals surface area contributed by atoms with Gasteiger partial charge in [-0.25, -0.2) is 0 Å². The fraction of sp³-hybridized carbons (Fsp3) is 0.267. The molecule has 0 saturated carbocycles. The van der Waals surface area contributed by atoms with Crippen LogP contribution < -0.4 is 10.1 Å². The Kier molecular flexibility index (Phi) is 5.13. The third-order valence-electron chi connectivity index (χ3n) is 3.34. The second-order valence-electron chi connectivity index (χ2n) is 4.71. The van der Waals surface area contributed by atoms with E-state index < -0.39 is 0 Å². The molecule has 3 nitrogen and oxygen atoms in total. The number of anilines is 1. The third kappa shape index (κ3) is 3.35. The van der Waals surface area contributed by atoms with E-state index in [1.54, 1.807) is 18.4 Å². The minimum absolute atomic E-state index is 0.300. The minimum Gasteiger partial charge on any atom is -0.495 e. The first-order valence-corrected chi connectivity index (χ1v) is 9.46. The normalized spacial score (nSPS) is 17.5. The molecule has 1 aromatic carbocycles. The van der Waals surface area contributed by atoms with Gasteiger partial charge < -0.3 is 15.0 Å². The van der Waals surface area contributed by atoms with Gasteiger partial charge in [0.05, 0.1) is 12.1 Å². The predicted molar refractivity (Wildman–Crippen MR) is 100 cm³/mol. The zero-order chi connectivity index (χ0) is 15.5. The second kappa shape index (κ2) is 7.08. The predicted octanol–water partition coefficient (Wildman–Crippen LogP) is 4.85. The molecule has 2 heterocycles. The molecule has 1 N–H and O–H groups in total. The van der Waals surface area contributed by atoms with Gasteiger partial charge in [-0.2, -0.15) is 0 Å². The Morgan fingerprint density at radius 3 is 3.00 bits per heavy atom. The van der Waals surface area contributed by atoms with Crippen molar-refractivity contribution in [2.24, 2.45) is 0 Å². The smallest absolute Gasteiger partial charge is 0.174 e. The van der Waals surface area contributed by atoms with E-state index in [1.165, 1.54) is 4.88 Å². The molecule has 0 amide bonds. The van der Waals surface area contributed by atoms with E-state index >= 15 is 0 Å². The van der Waals surface area contributed by atoms with Gasteiger partial charge >= 0.3 is 0 Å². The number of halogens is 1. The third-order valence-corrected chi connectivity index (χ3v) is 6.29. The second-order valence-corrected chi connectivity index (χ2v) is 7.67. The first kappa shape index (κ1) is 15.9. The number of rotatable bonds is 3. The number of nitrogens with one attached hydrogen (secondary N) is 1. The molecule has 1 fully saturated rings. The monoisotopic (exact) mass is 370 g/mol. The number of thiophene rings is 1. The van der Waals surface area contributed by atoms with Gasteiger partial charge in [0.15, 0.2) is 5.11 Å². The number of ether oxygens (including phenoxy) is 1. The summed E-state index contributed by atoms with van der Waals surface area (Å²) in [6, 6.07) is 9.82. The largest absolute Gasteiger partial charge is 0.495 e. The highest BCUT2D eigenvalue weighted by Gasteiger charge is 2.29. The molecule has 2 aromatic rings. The summed E-state index contributed by atoms with van der Waals surface area (Å²) in [6.07, 6.45) is 0. The number of hydrogen-bond acceptors (Lipinski definition) is 4. The van der Waals surface area contributed by atoms with Gasteiger partial charge in [-0.15, -0.1) is 23.1 Å². The Morgan fingerprint density at radius 2 is 2.32 bits per heavy atom. The summed E-state index contributed by atoms with van der Waals surface area (Å²) in [6.45, 7) is 0.947. The molecule has 7 heteroatoms. The summed E-state index contributed by atoms with van der Waals surface area (Å²) in [5.74, 6) is 1.74. The van der Waals surface area contributed by atoms with Crippen molar-refractivity contribution in [2.75, 3.05) is 24.7 Å². The van der Waals surface area contributed by atoms with Crippen LogP contribution in [0.4, 0.5) is 5.69 Å². The molecule has 1 aliphatic rings. The van der Waals surface area contributed by atoms with Crippen molar-refractivity contribution in [3.63, 3.8) is 0 Å². The SMILES string of the molecule is COc1ccc(NC(=S)N2CCS[C@H]2c2cccs2)cc1Cl. The maximum absolute atomic E-state index is 6.16. The Hall–Kier alpha value is -0.950. The van der Waals surface area contributed by atoms with Crippen molar-refractivity contribution >= 4 is 57.7 Å². The van der Waals surface area contributed by atoms with E-state index in [-0.39, 0.29) is 0 Å². The van der Waals surface area contributed by atoms with Gasteiger partial charge in [-0.05, 0) is 41.9 Å². The number of methoxy groups -OCH3 is 1. The summed E-state index contributed by atoms with van der Waals surface area (Å²) in [5, 5.41) is 6.98. The average Bonchev–Trinajstić information content (AvgIpc) is 3.18. The number of thiocarbonyl (C=S) groups is 1. The van der Waals surface area contributed by atoms with Crippen molar-refractivity contribution in [3.8, 4) is 5.75 Å². The molecule has 116 valence electrons. The van der Waals surface area contributed by atoms with E-state index in [2.05, 4.69) is 27.7 Å². The van der Waals surface area contributed by atoms with Crippen LogP contribution in [0, 0.1) is 0 Å². The molecule has 1 atom stereocenters. The van der Waals surface area contributed by atoms with Crippen molar-refractivity contribution < 1.29 is 4.74 Å². The van der Waals surface area contributed by atoms with Crippen LogP contribution in [0.3, 0.4) is 0 Å². The Morgan fingerprint density at radius 1 is 1.45 bits per heavy atom. The van der Waals surface area contributed by atoms with Crippen LogP contribution in [0.15, 0.2) is 35.7 Å². The highest BCUT2D eigenvalue weighted by molar-refractivity contribution is 7.99. The molecule has 3 rings (SSSR count). The average molecular weight is 371 g/mol. The summed E-state index contributed by atoms with van der Waals surface area (Å²) >= 11 is 15.4. The zero-order valence-electron chi connectivity index (χ0n) is 11.9. The first-order chi connectivity index (χ1) is 10.7.